The summed E-state index contributed by atoms with van der Waals surface area (Å²) in [5.74, 6) is -3.58. The number of nitrogens with one attached hydrogen (secondary N) is 2. The predicted molar refractivity (Wildman–Crippen MR) is 161 cm³/mol. The van der Waals surface area contributed by atoms with Gasteiger partial charge in [-0.15, -0.1) is 0 Å². The number of halogens is 4. The molecular weight excluding hydrogens is 574 g/mol. The lowest BCUT2D eigenvalue weighted by Crippen LogP contribution is -2.13. The number of imidazole rings is 1. The van der Waals surface area contributed by atoms with Gasteiger partial charge < -0.3 is 24.2 Å². The first kappa shape index (κ1) is 31.3. The highest BCUT2D eigenvalue weighted by atomic mass is 19.1. The van der Waals surface area contributed by atoms with Crippen LogP contribution in [0.25, 0.3) is 22.3 Å². The summed E-state index contributed by atoms with van der Waals surface area (Å²) in [7, 11) is 0. The van der Waals surface area contributed by atoms with E-state index in [2.05, 4.69) is 15.0 Å². The minimum atomic E-state index is -0.906. The Morgan fingerprint density at radius 2 is 1.75 bits per heavy atom. The first-order chi connectivity index (χ1) is 21.3. The van der Waals surface area contributed by atoms with Crippen LogP contribution >= 0.6 is 0 Å². The van der Waals surface area contributed by atoms with E-state index in [1.165, 1.54) is 24.4 Å². The number of aromatic nitrogens is 3. The van der Waals surface area contributed by atoms with Crippen molar-refractivity contribution in [2.24, 2.45) is 0 Å². The molecule has 3 aromatic carbocycles. The molecule has 0 fully saturated rings. The van der Waals surface area contributed by atoms with E-state index in [1.54, 1.807) is 18.3 Å². The zero-order valence-electron chi connectivity index (χ0n) is 24.9. The van der Waals surface area contributed by atoms with Crippen LogP contribution in [0, 0.1) is 23.3 Å². The normalized spacial score (nSPS) is 12.4. The number of hydrogen-bond acceptors (Lipinski definition) is 4. The Bertz CT molecular complexity index is 1720. The van der Waals surface area contributed by atoms with Gasteiger partial charge in [0.25, 0.3) is 0 Å². The predicted octanol–water partition coefficient (Wildman–Crippen LogP) is 8.82. The minimum absolute atomic E-state index is 0.0129. The lowest BCUT2D eigenvalue weighted by atomic mass is 9.90. The van der Waals surface area contributed by atoms with E-state index < -0.39 is 29.1 Å². The van der Waals surface area contributed by atoms with Crippen LogP contribution in [0.5, 0.6) is 11.5 Å². The zero-order valence-corrected chi connectivity index (χ0v) is 24.9. The van der Waals surface area contributed by atoms with E-state index in [4.69, 9.17) is 14.2 Å². The Morgan fingerprint density at radius 3 is 2.55 bits per heavy atom. The van der Waals surface area contributed by atoms with E-state index >= 15 is 8.78 Å². The molecule has 0 spiro atoms. The average Bonchev–Trinajstić information content (AvgIpc) is 3.67. The maximum absolute atomic E-state index is 15.7. The van der Waals surface area contributed by atoms with Crippen LogP contribution in [-0.2, 0) is 15.9 Å². The second-order valence-electron chi connectivity index (χ2n) is 10.8. The highest BCUT2D eigenvalue weighted by Gasteiger charge is 2.23. The monoisotopic (exact) mass is 609 g/mol. The standard InChI is InChI=1S/C34H35F4N3O3/c1-4-6-21-7-5-8-24(31(21)37)23(12-14-42-15-16-43-20(2)3)30-19-40-34(41-30)26-17-22(9-10-27(26)35)44-33-28(36)18-29-25(32(33)38)11-13-39-29/h5,7-11,13,17-20,23,39H,4,6,12,14-16H2,1-3H3,(H,40,41). The molecule has 0 radical (unpaired) electrons. The molecule has 10 heteroatoms. The van der Waals surface area contributed by atoms with Gasteiger partial charge in [0, 0.05) is 42.1 Å². The third-order valence-corrected chi connectivity index (χ3v) is 7.32. The molecular formula is C34H35F4N3O3. The molecule has 1 unspecified atom stereocenters. The van der Waals surface area contributed by atoms with Crippen molar-refractivity contribution in [1.82, 2.24) is 15.0 Å². The number of ether oxygens (including phenoxy) is 3. The lowest BCUT2D eigenvalue weighted by Gasteiger charge is -2.19. The summed E-state index contributed by atoms with van der Waals surface area (Å²) in [5, 5.41) is 0.164. The van der Waals surface area contributed by atoms with Gasteiger partial charge in [-0.2, -0.15) is 0 Å². The molecule has 5 aromatic rings. The number of H-pyrrole nitrogens is 2. The Balaban J connectivity index is 1.42. The summed E-state index contributed by atoms with van der Waals surface area (Å²) in [6, 6.07) is 11.7. The van der Waals surface area contributed by atoms with Gasteiger partial charge in [0.05, 0.1) is 30.4 Å². The molecule has 44 heavy (non-hydrogen) atoms. The van der Waals surface area contributed by atoms with Crippen molar-refractivity contribution in [1.29, 1.82) is 0 Å². The maximum Gasteiger partial charge on any atom is 0.199 e. The fourth-order valence-electron chi connectivity index (χ4n) is 5.18. The molecule has 0 bridgehead atoms. The van der Waals surface area contributed by atoms with Crippen LogP contribution in [0.3, 0.4) is 0 Å². The van der Waals surface area contributed by atoms with E-state index in [0.717, 1.165) is 18.6 Å². The second kappa shape index (κ2) is 14.1. The first-order valence-corrected chi connectivity index (χ1v) is 14.7. The van der Waals surface area contributed by atoms with Gasteiger partial charge in [0.2, 0.25) is 0 Å². The second-order valence-corrected chi connectivity index (χ2v) is 10.8. The molecule has 2 N–H and O–H groups in total. The molecule has 0 aliphatic carbocycles. The Kier molecular flexibility index (Phi) is 10.0. The molecule has 1 atom stereocenters. The molecule has 6 nitrogen and oxygen atoms in total. The topological polar surface area (TPSA) is 72.2 Å². The van der Waals surface area contributed by atoms with E-state index in [1.807, 2.05) is 26.8 Å². The Hall–Kier alpha value is -4.15. The molecule has 0 amide bonds. The molecule has 0 saturated carbocycles. The van der Waals surface area contributed by atoms with Gasteiger partial charge in [0.1, 0.15) is 23.2 Å². The lowest BCUT2D eigenvalue weighted by molar-refractivity contribution is 0.0183. The number of fused-ring (bicyclic) bond motifs is 1. The summed E-state index contributed by atoms with van der Waals surface area (Å²) < 4.78 is 77.3. The van der Waals surface area contributed by atoms with Crippen molar-refractivity contribution in [3.05, 3.63) is 101 Å². The quantitative estimate of drug-likeness (QED) is 0.0975. The summed E-state index contributed by atoms with van der Waals surface area (Å²) in [4.78, 5) is 10.3. The molecule has 2 aromatic heterocycles. The Morgan fingerprint density at radius 1 is 0.909 bits per heavy atom. The van der Waals surface area contributed by atoms with Crippen molar-refractivity contribution >= 4 is 10.9 Å². The largest absolute Gasteiger partial charge is 0.451 e. The van der Waals surface area contributed by atoms with Gasteiger partial charge >= 0.3 is 0 Å². The highest BCUT2D eigenvalue weighted by Crippen LogP contribution is 2.36. The number of nitrogens with zero attached hydrogens (tertiary/aromatic N) is 1. The molecule has 0 saturated heterocycles. The average molecular weight is 610 g/mol. The number of aromatic amines is 2. The van der Waals surface area contributed by atoms with Gasteiger partial charge in [0.15, 0.2) is 17.4 Å². The van der Waals surface area contributed by atoms with Crippen LogP contribution < -0.4 is 4.74 Å². The third kappa shape index (κ3) is 6.97. The molecule has 0 aliphatic rings. The van der Waals surface area contributed by atoms with E-state index in [-0.39, 0.29) is 40.0 Å². The number of benzene rings is 3. The van der Waals surface area contributed by atoms with Gasteiger partial charge in [-0.05, 0) is 62.1 Å². The van der Waals surface area contributed by atoms with E-state index in [0.29, 0.717) is 49.5 Å². The first-order valence-electron chi connectivity index (χ1n) is 14.7. The van der Waals surface area contributed by atoms with Gasteiger partial charge in [-0.3, -0.25) is 0 Å². The van der Waals surface area contributed by atoms with Crippen molar-refractivity contribution in [3.63, 3.8) is 0 Å². The van der Waals surface area contributed by atoms with Gasteiger partial charge in [-0.25, -0.2) is 22.5 Å². The SMILES string of the molecule is CCCc1cccc(C(CCOCCOC(C)C)c2cnc(-c3cc(Oc4c(F)cc5[nH]ccc5c4F)ccc3F)[nH]2)c1F. The fourth-order valence-corrected chi connectivity index (χ4v) is 5.18. The maximum atomic E-state index is 15.7. The summed E-state index contributed by atoms with van der Waals surface area (Å²) in [6.07, 6.45) is 4.95. The molecule has 5 rings (SSSR count). The summed E-state index contributed by atoms with van der Waals surface area (Å²) >= 11 is 0. The zero-order chi connectivity index (χ0) is 31.2. The fraction of sp³-hybridized carbons (Fsp3) is 0.324. The van der Waals surface area contributed by atoms with Gasteiger partial charge in [-0.1, -0.05) is 31.5 Å². The van der Waals surface area contributed by atoms with E-state index in [9.17, 15) is 8.78 Å². The highest BCUT2D eigenvalue weighted by molar-refractivity contribution is 5.82. The smallest absolute Gasteiger partial charge is 0.199 e. The summed E-state index contributed by atoms with van der Waals surface area (Å²) in [5.41, 5.74) is 1.98. The van der Waals surface area contributed by atoms with Crippen LogP contribution in [0.15, 0.2) is 60.9 Å². The van der Waals surface area contributed by atoms with Crippen LogP contribution in [0.1, 0.15) is 56.4 Å². The number of aryl methyl sites for hydroxylation is 1. The molecule has 232 valence electrons. The molecule has 0 aliphatic heterocycles. The third-order valence-electron chi connectivity index (χ3n) is 7.32. The summed E-state index contributed by atoms with van der Waals surface area (Å²) in [6.45, 7) is 7.06. The Labute approximate surface area is 253 Å². The van der Waals surface area contributed by atoms with Crippen molar-refractivity contribution in [2.45, 2.75) is 52.1 Å². The van der Waals surface area contributed by atoms with Crippen molar-refractivity contribution in [2.75, 3.05) is 19.8 Å². The molecule has 2 heterocycles. The minimum Gasteiger partial charge on any atom is -0.451 e. The van der Waals surface area contributed by atoms with Crippen molar-refractivity contribution < 1.29 is 31.8 Å². The number of rotatable bonds is 14. The van der Waals surface area contributed by atoms with Crippen LogP contribution in [-0.4, -0.2) is 40.9 Å². The van der Waals surface area contributed by atoms with Crippen LogP contribution in [0.2, 0.25) is 0 Å². The van der Waals surface area contributed by atoms with Crippen molar-refractivity contribution in [3.8, 4) is 22.9 Å². The van der Waals surface area contributed by atoms with Crippen LogP contribution in [0.4, 0.5) is 17.6 Å². The number of hydrogen-bond donors (Lipinski definition) is 2.